The Morgan fingerprint density at radius 2 is 2.14 bits per heavy atom. The summed E-state index contributed by atoms with van der Waals surface area (Å²) in [5, 5.41) is 3.99. The Labute approximate surface area is 130 Å². The quantitative estimate of drug-likeness (QED) is 0.918. The maximum Gasteiger partial charge on any atom is 0.157 e. The van der Waals surface area contributed by atoms with Crippen molar-refractivity contribution >= 4 is 21.4 Å². The molecule has 116 valence electrons. The molecule has 0 radical (unpaired) electrons. The minimum atomic E-state index is -2.87. The van der Waals surface area contributed by atoms with Gasteiger partial charge in [-0.15, -0.1) is 0 Å². The van der Waals surface area contributed by atoms with Crippen molar-refractivity contribution in [2.45, 2.75) is 25.4 Å². The van der Waals surface area contributed by atoms with E-state index in [-0.39, 0.29) is 17.6 Å². The van der Waals surface area contributed by atoms with Crippen LogP contribution >= 0.6 is 11.6 Å². The van der Waals surface area contributed by atoms with Crippen LogP contribution in [0, 0.1) is 5.92 Å². The molecule has 1 aromatic rings. The summed E-state index contributed by atoms with van der Waals surface area (Å²) in [6, 6.07) is 5.83. The smallest absolute Gasteiger partial charge is 0.157 e. The fourth-order valence-corrected chi connectivity index (χ4v) is 4.38. The summed E-state index contributed by atoms with van der Waals surface area (Å²) in [5.74, 6) is 1.44. The van der Waals surface area contributed by atoms with Crippen molar-refractivity contribution in [3.63, 3.8) is 0 Å². The van der Waals surface area contributed by atoms with E-state index >= 15 is 0 Å². The van der Waals surface area contributed by atoms with Gasteiger partial charge in [0.1, 0.15) is 11.9 Å². The van der Waals surface area contributed by atoms with Crippen LogP contribution < -0.4 is 10.1 Å². The number of piperidine rings is 1. The zero-order chi connectivity index (χ0) is 14.9. The zero-order valence-electron chi connectivity index (χ0n) is 11.8. The van der Waals surface area contributed by atoms with Gasteiger partial charge in [-0.05, 0) is 56.0 Å². The van der Waals surface area contributed by atoms with Gasteiger partial charge in [0.25, 0.3) is 0 Å². The first kappa shape index (κ1) is 15.1. The molecule has 0 aliphatic carbocycles. The number of ether oxygens (including phenoxy) is 1. The van der Waals surface area contributed by atoms with Gasteiger partial charge in [-0.3, -0.25) is 0 Å². The minimum absolute atomic E-state index is 0.0961. The molecule has 1 atom stereocenters. The lowest BCUT2D eigenvalue weighted by molar-refractivity contribution is 0.230. The van der Waals surface area contributed by atoms with Crippen LogP contribution in [0.25, 0.3) is 0 Å². The van der Waals surface area contributed by atoms with Gasteiger partial charge in [-0.2, -0.15) is 0 Å². The molecule has 2 aliphatic rings. The maximum absolute atomic E-state index is 11.1. The molecule has 2 fully saturated rings. The Balaban J connectivity index is 1.60. The average molecular weight is 330 g/mol. The van der Waals surface area contributed by atoms with Crippen LogP contribution in [0.1, 0.15) is 18.4 Å². The van der Waals surface area contributed by atoms with Crippen molar-refractivity contribution in [1.82, 2.24) is 5.32 Å². The van der Waals surface area contributed by atoms with Crippen LogP contribution in [0.3, 0.4) is 0 Å². The molecule has 1 unspecified atom stereocenters. The first-order valence-electron chi connectivity index (χ1n) is 7.38. The lowest BCUT2D eigenvalue weighted by Gasteiger charge is -2.27. The topological polar surface area (TPSA) is 55.4 Å². The summed E-state index contributed by atoms with van der Waals surface area (Å²) in [6.45, 7) is 2.18. The van der Waals surface area contributed by atoms with Crippen LogP contribution in [0.5, 0.6) is 5.75 Å². The summed E-state index contributed by atoms with van der Waals surface area (Å²) < 4.78 is 27.9. The van der Waals surface area contributed by atoms with Crippen molar-refractivity contribution in [2.75, 3.05) is 24.6 Å². The standard InChI is InChI=1S/C15H20ClNO3S/c16-14-7-11(6-12-2-1-5-17-8-12)3-4-15(14)20-13-9-21(18,19)10-13/h3-4,7,12-13,17H,1-2,5-6,8-10H2. The highest BCUT2D eigenvalue weighted by atomic mass is 35.5. The van der Waals surface area contributed by atoms with E-state index in [0.717, 1.165) is 19.5 Å². The molecule has 0 bridgehead atoms. The highest BCUT2D eigenvalue weighted by Crippen LogP contribution is 2.30. The summed E-state index contributed by atoms with van der Waals surface area (Å²) in [4.78, 5) is 0. The SMILES string of the molecule is O=S1(=O)CC(Oc2ccc(CC3CCCNC3)cc2Cl)C1. The molecule has 2 saturated heterocycles. The molecule has 0 aromatic heterocycles. The second-order valence-corrected chi connectivity index (χ2v) is 8.56. The number of halogens is 1. The predicted octanol–water partition coefficient (Wildman–Crippen LogP) is 2.06. The number of benzene rings is 1. The van der Waals surface area contributed by atoms with E-state index in [9.17, 15) is 8.42 Å². The van der Waals surface area contributed by atoms with Gasteiger partial charge in [0.05, 0.1) is 16.5 Å². The van der Waals surface area contributed by atoms with E-state index in [1.807, 2.05) is 18.2 Å². The van der Waals surface area contributed by atoms with Crippen molar-refractivity contribution in [3.05, 3.63) is 28.8 Å². The highest BCUT2D eigenvalue weighted by Gasteiger charge is 2.35. The molecule has 3 rings (SSSR count). The lowest BCUT2D eigenvalue weighted by Crippen LogP contribution is -2.45. The van der Waals surface area contributed by atoms with Crippen LogP contribution in [-0.4, -0.2) is 39.1 Å². The Bertz CT molecular complexity index is 599. The molecule has 0 spiro atoms. The second kappa shape index (κ2) is 6.15. The Morgan fingerprint density at radius 3 is 2.76 bits per heavy atom. The van der Waals surface area contributed by atoms with Crippen LogP contribution in [-0.2, 0) is 16.3 Å². The molecular formula is C15H20ClNO3S. The zero-order valence-corrected chi connectivity index (χ0v) is 13.4. The number of sulfone groups is 1. The van der Waals surface area contributed by atoms with Crippen LogP contribution in [0.4, 0.5) is 0 Å². The van der Waals surface area contributed by atoms with Gasteiger partial charge in [0.2, 0.25) is 0 Å². The van der Waals surface area contributed by atoms with Crippen molar-refractivity contribution < 1.29 is 13.2 Å². The van der Waals surface area contributed by atoms with E-state index in [1.165, 1.54) is 18.4 Å². The minimum Gasteiger partial charge on any atom is -0.487 e. The van der Waals surface area contributed by atoms with E-state index < -0.39 is 9.84 Å². The molecule has 1 N–H and O–H groups in total. The Morgan fingerprint density at radius 1 is 1.33 bits per heavy atom. The molecule has 0 saturated carbocycles. The fourth-order valence-electron chi connectivity index (χ4n) is 2.96. The predicted molar refractivity (Wildman–Crippen MR) is 83.8 cm³/mol. The molecule has 4 nitrogen and oxygen atoms in total. The Hall–Kier alpha value is -0.780. The van der Waals surface area contributed by atoms with Gasteiger partial charge in [-0.25, -0.2) is 8.42 Å². The third-order valence-corrected chi connectivity index (χ3v) is 6.15. The molecule has 2 heterocycles. The van der Waals surface area contributed by atoms with Gasteiger partial charge >= 0.3 is 0 Å². The highest BCUT2D eigenvalue weighted by molar-refractivity contribution is 7.92. The monoisotopic (exact) mass is 329 g/mol. The summed E-state index contributed by atoms with van der Waals surface area (Å²) >= 11 is 6.25. The van der Waals surface area contributed by atoms with Gasteiger partial charge in [0.15, 0.2) is 9.84 Å². The van der Waals surface area contributed by atoms with Gasteiger partial charge in [-0.1, -0.05) is 17.7 Å². The summed E-state index contributed by atoms with van der Waals surface area (Å²) in [6.07, 6.45) is 3.25. The number of hydrogen-bond donors (Lipinski definition) is 1. The second-order valence-electron chi connectivity index (χ2n) is 6.00. The summed E-state index contributed by atoms with van der Waals surface area (Å²) in [7, 11) is -2.87. The van der Waals surface area contributed by atoms with E-state index in [1.54, 1.807) is 0 Å². The Kier molecular flexibility index (Phi) is 4.43. The van der Waals surface area contributed by atoms with Crippen LogP contribution in [0.15, 0.2) is 18.2 Å². The molecule has 6 heteroatoms. The van der Waals surface area contributed by atoms with Crippen molar-refractivity contribution in [2.24, 2.45) is 5.92 Å². The fraction of sp³-hybridized carbons (Fsp3) is 0.600. The van der Waals surface area contributed by atoms with Crippen molar-refractivity contribution in [3.8, 4) is 5.75 Å². The van der Waals surface area contributed by atoms with E-state index in [2.05, 4.69) is 5.32 Å². The van der Waals surface area contributed by atoms with E-state index in [4.69, 9.17) is 16.3 Å². The van der Waals surface area contributed by atoms with Gasteiger partial charge < -0.3 is 10.1 Å². The molecule has 2 aliphatic heterocycles. The van der Waals surface area contributed by atoms with Gasteiger partial charge in [0, 0.05) is 0 Å². The van der Waals surface area contributed by atoms with Crippen LogP contribution in [0.2, 0.25) is 5.02 Å². The number of hydrogen-bond acceptors (Lipinski definition) is 4. The van der Waals surface area contributed by atoms with E-state index in [0.29, 0.717) is 16.7 Å². The lowest BCUT2D eigenvalue weighted by atomic mass is 9.92. The third kappa shape index (κ3) is 3.90. The number of rotatable bonds is 4. The molecule has 1 aromatic carbocycles. The summed E-state index contributed by atoms with van der Waals surface area (Å²) in [5.41, 5.74) is 1.21. The first-order chi connectivity index (χ1) is 10.0. The first-order valence-corrected chi connectivity index (χ1v) is 9.58. The average Bonchev–Trinajstić information content (AvgIpc) is 2.41. The molecular weight excluding hydrogens is 310 g/mol. The normalized spacial score (nSPS) is 25.3. The van der Waals surface area contributed by atoms with Crippen molar-refractivity contribution in [1.29, 1.82) is 0 Å². The molecule has 21 heavy (non-hydrogen) atoms. The third-order valence-electron chi connectivity index (χ3n) is 4.09. The number of nitrogens with one attached hydrogen (secondary N) is 1. The largest absolute Gasteiger partial charge is 0.487 e. The maximum atomic E-state index is 11.1. The molecule has 0 amide bonds.